The van der Waals surface area contributed by atoms with E-state index in [9.17, 15) is 0 Å². The maximum Gasteiger partial charge on any atom is 0.195 e. The van der Waals surface area contributed by atoms with Crippen LogP contribution in [-0.4, -0.2) is 21.6 Å². The summed E-state index contributed by atoms with van der Waals surface area (Å²) in [5, 5.41) is 0.931. The largest absolute Gasteiger partial charge is 0.497 e. The molecular weight excluding hydrogens is 258 g/mol. The number of aromatic nitrogens is 3. The van der Waals surface area contributed by atoms with Gasteiger partial charge in [0.25, 0.3) is 0 Å². The molecule has 3 aromatic rings. The molecule has 0 unspecified atom stereocenters. The van der Waals surface area contributed by atoms with E-state index in [1.54, 1.807) is 31.0 Å². The quantitative estimate of drug-likeness (QED) is 0.733. The third kappa shape index (κ3) is 2.24. The van der Waals surface area contributed by atoms with Crippen LogP contribution in [0, 0.1) is 6.92 Å². The first kappa shape index (κ1) is 11.9. The predicted octanol–water partition coefficient (Wildman–Crippen LogP) is 3.31. The summed E-state index contributed by atoms with van der Waals surface area (Å²) in [6.07, 6.45) is 5.41. The number of hydrogen-bond acceptors (Lipinski definition) is 4. The van der Waals surface area contributed by atoms with Crippen LogP contribution in [0.4, 0.5) is 0 Å². The molecule has 0 saturated carbocycles. The second-order valence-corrected chi connectivity index (χ2v) is 5.28. The molecule has 0 aliphatic carbocycles. The molecule has 3 rings (SSSR count). The van der Waals surface area contributed by atoms with Gasteiger partial charge < -0.3 is 4.74 Å². The summed E-state index contributed by atoms with van der Waals surface area (Å²) >= 11 is 1.66. The molecule has 0 N–H and O–H groups in total. The van der Waals surface area contributed by atoms with E-state index < -0.39 is 0 Å². The standard InChI is InChI=1S/C14H13N3OS/c1-10-13(11-3-5-12(18-2)6-4-11)16-14(19-10)17-8-7-15-9-17/h3-9H,1-2H3. The average molecular weight is 271 g/mol. The number of methoxy groups -OCH3 is 1. The van der Waals surface area contributed by atoms with Gasteiger partial charge >= 0.3 is 0 Å². The molecule has 0 bridgehead atoms. The second-order valence-electron chi connectivity index (χ2n) is 4.10. The van der Waals surface area contributed by atoms with Gasteiger partial charge in [-0.25, -0.2) is 9.97 Å². The molecule has 0 atom stereocenters. The first-order valence-electron chi connectivity index (χ1n) is 5.88. The molecule has 0 amide bonds. The minimum Gasteiger partial charge on any atom is -0.497 e. The third-order valence-corrected chi connectivity index (χ3v) is 3.86. The van der Waals surface area contributed by atoms with Gasteiger partial charge in [-0.3, -0.25) is 4.57 Å². The molecular formula is C14H13N3OS. The summed E-state index contributed by atoms with van der Waals surface area (Å²) < 4.78 is 7.09. The van der Waals surface area contributed by atoms with Crippen molar-refractivity contribution < 1.29 is 4.74 Å². The van der Waals surface area contributed by atoms with Crippen LogP contribution in [0.25, 0.3) is 16.4 Å². The lowest BCUT2D eigenvalue weighted by Gasteiger charge is -2.01. The number of rotatable bonds is 3. The first-order valence-corrected chi connectivity index (χ1v) is 6.70. The van der Waals surface area contributed by atoms with Crippen molar-refractivity contribution in [3.05, 3.63) is 47.9 Å². The average Bonchev–Trinajstić information content (AvgIpc) is 3.08. The van der Waals surface area contributed by atoms with Gasteiger partial charge in [0.1, 0.15) is 12.1 Å². The number of nitrogens with zero attached hydrogens (tertiary/aromatic N) is 3. The normalized spacial score (nSPS) is 10.6. The molecule has 2 aromatic heterocycles. The summed E-state index contributed by atoms with van der Waals surface area (Å²) in [6, 6.07) is 7.95. The first-order chi connectivity index (χ1) is 9.28. The van der Waals surface area contributed by atoms with Crippen LogP contribution in [0.1, 0.15) is 4.88 Å². The van der Waals surface area contributed by atoms with Crippen molar-refractivity contribution in [3.8, 4) is 22.1 Å². The van der Waals surface area contributed by atoms with E-state index in [1.165, 1.54) is 4.88 Å². The van der Waals surface area contributed by atoms with Gasteiger partial charge in [-0.2, -0.15) is 0 Å². The van der Waals surface area contributed by atoms with Crippen LogP contribution in [0.5, 0.6) is 5.75 Å². The minimum absolute atomic E-state index is 0.853. The maximum absolute atomic E-state index is 5.17. The van der Waals surface area contributed by atoms with Crippen molar-refractivity contribution in [2.75, 3.05) is 7.11 Å². The van der Waals surface area contributed by atoms with E-state index in [0.29, 0.717) is 0 Å². The minimum atomic E-state index is 0.853. The summed E-state index contributed by atoms with van der Waals surface area (Å²) in [5.41, 5.74) is 2.11. The van der Waals surface area contributed by atoms with E-state index in [1.807, 2.05) is 35.0 Å². The molecule has 0 aliphatic heterocycles. The Bertz CT molecular complexity index is 671. The van der Waals surface area contributed by atoms with Gasteiger partial charge in [0.2, 0.25) is 0 Å². The highest BCUT2D eigenvalue weighted by molar-refractivity contribution is 7.14. The van der Waals surface area contributed by atoms with Gasteiger partial charge in [-0.1, -0.05) is 0 Å². The van der Waals surface area contributed by atoms with Crippen LogP contribution in [0.15, 0.2) is 43.0 Å². The zero-order valence-corrected chi connectivity index (χ0v) is 11.5. The van der Waals surface area contributed by atoms with Crippen molar-refractivity contribution in [2.45, 2.75) is 6.92 Å². The topological polar surface area (TPSA) is 39.9 Å². The fourth-order valence-electron chi connectivity index (χ4n) is 1.88. The van der Waals surface area contributed by atoms with Gasteiger partial charge in [0.15, 0.2) is 5.13 Å². The zero-order valence-electron chi connectivity index (χ0n) is 10.7. The Balaban J connectivity index is 2.00. The van der Waals surface area contributed by atoms with Crippen LogP contribution in [-0.2, 0) is 0 Å². The van der Waals surface area contributed by atoms with Crippen LogP contribution in [0.3, 0.4) is 0 Å². The maximum atomic E-state index is 5.17. The van der Waals surface area contributed by atoms with Gasteiger partial charge in [-0.05, 0) is 31.2 Å². The van der Waals surface area contributed by atoms with Gasteiger partial charge in [-0.15, -0.1) is 11.3 Å². The number of benzene rings is 1. The van der Waals surface area contributed by atoms with Crippen molar-refractivity contribution in [3.63, 3.8) is 0 Å². The van der Waals surface area contributed by atoms with Crippen molar-refractivity contribution in [1.29, 1.82) is 0 Å². The zero-order chi connectivity index (χ0) is 13.2. The number of imidazole rings is 1. The lowest BCUT2D eigenvalue weighted by Crippen LogP contribution is -1.88. The predicted molar refractivity (Wildman–Crippen MR) is 76.0 cm³/mol. The Labute approximate surface area is 115 Å². The van der Waals surface area contributed by atoms with Crippen LogP contribution < -0.4 is 4.74 Å². The lowest BCUT2D eigenvalue weighted by molar-refractivity contribution is 0.415. The summed E-state index contributed by atoms with van der Waals surface area (Å²) in [6.45, 7) is 2.08. The van der Waals surface area contributed by atoms with Crippen molar-refractivity contribution in [2.24, 2.45) is 0 Å². The Kier molecular flexibility index (Phi) is 3.05. The molecule has 19 heavy (non-hydrogen) atoms. The van der Waals surface area contributed by atoms with Gasteiger partial charge in [0.05, 0.1) is 12.8 Å². The monoisotopic (exact) mass is 271 g/mol. The van der Waals surface area contributed by atoms with E-state index in [2.05, 4.69) is 16.9 Å². The van der Waals surface area contributed by atoms with Crippen molar-refractivity contribution >= 4 is 11.3 Å². The summed E-state index contributed by atoms with van der Waals surface area (Å²) in [5.74, 6) is 0.853. The van der Waals surface area contributed by atoms with E-state index >= 15 is 0 Å². The van der Waals surface area contributed by atoms with Gasteiger partial charge in [0, 0.05) is 22.8 Å². The fraction of sp³-hybridized carbons (Fsp3) is 0.143. The Morgan fingerprint density at radius 1 is 1.21 bits per heavy atom. The highest BCUT2D eigenvalue weighted by Gasteiger charge is 2.10. The summed E-state index contributed by atoms with van der Waals surface area (Å²) in [7, 11) is 1.67. The second kappa shape index (κ2) is 4.85. The Hall–Kier alpha value is -2.14. The molecule has 4 nitrogen and oxygen atoms in total. The highest BCUT2D eigenvalue weighted by atomic mass is 32.1. The fourth-order valence-corrected chi connectivity index (χ4v) is 2.77. The molecule has 0 spiro atoms. The lowest BCUT2D eigenvalue weighted by atomic mass is 10.1. The summed E-state index contributed by atoms with van der Waals surface area (Å²) in [4.78, 5) is 9.91. The number of hydrogen-bond donors (Lipinski definition) is 0. The number of aryl methyl sites for hydroxylation is 1. The van der Waals surface area contributed by atoms with Crippen LogP contribution >= 0.6 is 11.3 Å². The van der Waals surface area contributed by atoms with E-state index in [4.69, 9.17) is 4.74 Å². The molecule has 0 fully saturated rings. The Morgan fingerprint density at radius 3 is 2.63 bits per heavy atom. The van der Waals surface area contributed by atoms with E-state index in [0.717, 1.165) is 22.1 Å². The Morgan fingerprint density at radius 2 is 2.00 bits per heavy atom. The van der Waals surface area contributed by atoms with Crippen molar-refractivity contribution in [1.82, 2.24) is 14.5 Å². The third-order valence-electron chi connectivity index (χ3n) is 2.87. The molecule has 0 radical (unpaired) electrons. The highest BCUT2D eigenvalue weighted by Crippen LogP contribution is 2.30. The van der Waals surface area contributed by atoms with E-state index in [-0.39, 0.29) is 0 Å². The number of ether oxygens (including phenoxy) is 1. The molecule has 5 heteroatoms. The molecule has 0 saturated heterocycles. The molecule has 0 aliphatic rings. The molecule has 1 aromatic carbocycles. The molecule has 2 heterocycles. The SMILES string of the molecule is COc1ccc(-c2nc(-n3ccnc3)sc2C)cc1. The van der Waals surface area contributed by atoms with Crippen LogP contribution in [0.2, 0.25) is 0 Å². The number of thiazole rings is 1. The molecule has 96 valence electrons. The smallest absolute Gasteiger partial charge is 0.195 e.